The van der Waals surface area contributed by atoms with Gasteiger partial charge in [-0.2, -0.15) is 0 Å². The molecule has 0 bridgehead atoms. The summed E-state index contributed by atoms with van der Waals surface area (Å²) in [6.07, 6.45) is 3.98. The Labute approximate surface area is 151 Å². The molecule has 0 radical (unpaired) electrons. The standard InChI is InChI=1S/C18H23N3OS2/c1-13(2)12-23-17-21-20-16(24-17)19-15(22)18(10-6-7-11-18)14-8-4-3-5-9-14/h3-5,8-9,13H,6-7,10-12H2,1-2H3,(H,19,20,22). The maximum atomic E-state index is 13.0. The first kappa shape index (κ1) is 17.4. The number of hydrogen-bond acceptors (Lipinski definition) is 5. The van der Waals surface area contributed by atoms with Crippen LogP contribution in [0.25, 0.3) is 0 Å². The number of benzene rings is 1. The van der Waals surface area contributed by atoms with Gasteiger partial charge in [0.05, 0.1) is 5.41 Å². The molecule has 3 rings (SSSR count). The van der Waals surface area contributed by atoms with Crippen molar-refractivity contribution in [3.8, 4) is 0 Å². The van der Waals surface area contributed by atoms with Crippen LogP contribution in [0.2, 0.25) is 0 Å². The lowest BCUT2D eigenvalue weighted by Crippen LogP contribution is -2.37. The highest BCUT2D eigenvalue weighted by molar-refractivity contribution is 8.01. The first-order valence-electron chi connectivity index (χ1n) is 8.43. The summed E-state index contributed by atoms with van der Waals surface area (Å²) in [5.41, 5.74) is 0.692. The number of hydrogen-bond donors (Lipinski definition) is 1. The van der Waals surface area contributed by atoms with Gasteiger partial charge in [0.2, 0.25) is 11.0 Å². The predicted octanol–water partition coefficient (Wildman–Crippen LogP) is 4.74. The highest BCUT2D eigenvalue weighted by Crippen LogP contribution is 2.42. The van der Waals surface area contributed by atoms with E-state index in [1.165, 1.54) is 11.3 Å². The SMILES string of the molecule is CC(C)CSc1nnc(NC(=O)C2(c3ccccc3)CCCC2)s1. The Morgan fingerprint density at radius 3 is 2.62 bits per heavy atom. The molecule has 0 aliphatic heterocycles. The molecule has 1 fully saturated rings. The lowest BCUT2D eigenvalue weighted by atomic mass is 9.78. The monoisotopic (exact) mass is 361 g/mol. The maximum absolute atomic E-state index is 13.0. The van der Waals surface area contributed by atoms with Gasteiger partial charge >= 0.3 is 0 Å². The normalized spacial score (nSPS) is 16.5. The molecule has 1 N–H and O–H groups in total. The highest BCUT2D eigenvalue weighted by atomic mass is 32.2. The zero-order valence-corrected chi connectivity index (χ0v) is 15.8. The minimum absolute atomic E-state index is 0.0581. The van der Waals surface area contributed by atoms with E-state index in [4.69, 9.17) is 0 Å². The van der Waals surface area contributed by atoms with Crippen molar-refractivity contribution in [2.24, 2.45) is 5.92 Å². The van der Waals surface area contributed by atoms with Crippen molar-refractivity contribution in [1.82, 2.24) is 10.2 Å². The van der Waals surface area contributed by atoms with Crippen LogP contribution in [0.4, 0.5) is 5.13 Å². The fraction of sp³-hybridized carbons (Fsp3) is 0.500. The quantitative estimate of drug-likeness (QED) is 0.596. The Kier molecular flexibility index (Phi) is 5.56. The minimum atomic E-state index is -0.418. The van der Waals surface area contributed by atoms with Crippen molar-refractivity contribution in [2.75, 3.05) is 11.1 Å². The van der Waals surface area contributed by atoms with E-state index in [-0.39, 0.29) is 5.91 Å². The molecule has 4 nitrogen and oxygen atoms in total. The molecular weight excluding hydrogens is 338 g/mol. The number of carbonyl (C=O) groups excluding carboxylic acids is 1. The van der Waals surface area contributed by atoms with Gasteiger partial charge in [0, 0.05) is 5.75 Å². The fourth-order valence-electron chi connectivity index (χ4n) is 3.16. The summed E-state index contributed by atoms with van der Waals surface area (Å²) in [7, 11) is 0. The van der Waals surface area contributed by atoms with Crippen LogP contribution in [-0.2, 0) is 10.2 Å². The third kappa shape index (κ3) is 3.81. The molecule has 24 heavy (non-hydrogen) atoms. The molecule has 1 aliphatic carbocycles. The maximum Gasteiger partial charge on any atom is 0.236 e. The third-order valence-corrected chi connectivity index (χ3v) is 6.78. The van der Waals surface area contributed by atoms with Crippen LogP contribution < -0.4 is 5.32 Å². The zero-order valence-electron chi connectivity index (χ0n) is 14.1. The summed E-state index contributed by atoms with van der Waals surface area (Å²) in [5, 5.41) is 12.0. The van der Waals surface area contributed by atoms with Gasteiger partial charge in [-0.1, -0.05) is 80.1 Å². The molecule has 6 heteroatoms. The number of nitrogens with zero attached hydrogens (tertiary/aromatic N) is 2. The number of anilines is 1. The van der Waals surface area contributed by atoms with Gasteiger partial charge in [-0.3, -0.25) is 10.1 Å². The van der Waals surface area contributed by atoms with Crippen molar-refractivity contribution < 1.29 is 4.79 Å². The molecule has 2 aromatic rings. The molecule has 0 spiro atoms. The van der Waals surface area contributed by atoms with Crippen LogP contribution in [0.15, 0.2) is 34.7 Å². The Morgan fingerprint density at radius 2 is 1.96 bits per heavy atom. The van der Waals surface area contributed by atoms with Gasteiger partial charge in [0.1, 0.15) is 0 Å². The van der Waals surface area contributed by atoms with Crippen LogP contribution >= 0.6 is 23.1 Å². The number of rotatable bonds is 6. The van der Waals surface area contributed by atoms with Gasteiger partial charge in [0.15, 0.2) is 4.34 Å². The Balaban J connectivity index is 1.73. The van der Waals surface area contributed by atoms with Crippen molar-refractivity contribution in [2.45, 2.75) is 49.3 Å². The minimum Gasteiger partial charge on any atom is -0.300 e. The molecule has 128 valence electrons. The van der Waals surface area contributed by atoms with Crippen LogP contribution in [0.5, 0.6) is 0 Å². The molecule has 1 aromatic heterocycles. The van der Waals surface area contributed by atoms with E-state index in [0.717, 1.165) is 41.3 Å². The molecule has 1 aliphatic rings. The molecule has 0 atom stereocenters. The predicted molar refractivity (Wildman–Crippen MR) is 101 cm³/mol. The van der Waals surface area contributed by atoms with Gasteiger partial charge in [-0.25, -0.2) is 0 Å². The van der Waals surface area contributed by atoms with Crippen LogP contribution in [0.1, 0.15) is 45.1 Å². The summed E-state index contributed by atoms with van der Waals surface area (Å²) in [5.74, 6) is 1.68. The van der Waals surface area contributed by atoms with Gasteiger partial charge in [-0.05, 0) is 24.3 Å². The number of carbonyl (C=O) groups is 1. The Hall–Kier alpha value is -1.40. The van der Waals surface area contributed by atoms with Gasteiger partial charge in [0.25, 0.3) is 0 Å². The summed E-state index contributed by atoms with van der Waals surface area (Å²) < 4.78 is 0.916. The summed E-state index contributed by atoms with van der Waals surface area (Å²) in [6.45, 7) is 4.36. The van der Waals surface area contributed by atoms with Crippen molar-refractivity contribution in [3.63, 3.8) is 0 Å². The first-order valence-corrected chi connectivity index (χ1v) is 10.2. The topological polar surface area (TPSA) is 54.9 Å². The average Bonchev–Trinajstić information content (AvgIpc) is 3.24. The Bertz CT molecular complexity index is 679. The lowest BCUT2D eigenvalue weighted by molar-refractivity contribution is -0.121. The van der Waals surface area contributed by atoms with Crippen LogP contribution in [0, 0.1) is 5.92 Å². The van der Waals surface area contributed by atoms with E-state index >= 15 is 0 Å². The van der Waals surface area contributed by atoms with Gasteiger partial charge in [-0.15, -0.1) is 10.2 Å². The van der Waals surface area contributed by atoms with E-state index < -0.39 is 5.41 Å². The molecule has 1 saturated carbocycles. The largest absolute Gasteiger partial charge is 0.300 e. The molecular formula is C18H23N3OS2. The Morgan fingerprint density at radius 1 is 1.25 bits per heavy atom. The van der Waals surface area contributed by atoms with Crippen LogP contribution in [0.3, 0.4) is 0 Å². The third-order valence-electron chi connectivity index (χ3n) is 4.39. The fourth-order valence-corrected chi connectivity index (χ4v) is 4.88. The van der Waals surface area contributed by atoms with E-state index in [1.807, 2.05) is 18.2 Å². The van der Waals surface area contributed by atoms with E-state index in [1.54, 1.807) is 11.8 Å². The van der Waals surface area contributed by atoms with E-state index in [0.29, 0.717) is 11.0 Å². The molecule has 1 amide bonds. The second-order valence-electron chi connectivity index (χ2n) is 6.69. The lowest BCUT2D eigenvalue weighted by Gasteiger charge is -2.27. The average molecular weight is 362 g/mol. The van der Waals surface area contributed by atoms with Gasteiger partial charge < -0.3 is 0 Å². The molecule has 0 unspecified atom stereocenters. The summed E-state index contributed by atoms with van der Waals surface area (Å²) in [6, 6.07) is 10.1. The van der Waals surface area contributed by atoms with E-state index in [9.17, 15) is 4.79 Å². The van der Waals surface area contributed by atoms with Crippen molar-refractivity contribution in [3.05, 3.63) is 35.9 Å². The molecule has 1 heterocycles. The second-order valence-corrected chi connectivity index (χ2v) is 8.93. The van der Waals surface area contributed by atoms with Crippen molar-refractivity contribution in [1.29, 1.82) is 0 Å². The van der Waals surface area contributed by atoms with Crippen LogP contribution in [-0.4, -0.2) is 21.9 Å². The smallest absolute Gasteiger partial charge is 0.236 e. The summed E-state index contributed by atoms with van der Waals surface area (Å²) >= 11 is 3.16. The highest BCUT2D eigenvalue weighted by Gasteiger charge is 2.42. The second kappa shape index (κ2) is 7.66. The number of aromatic nitrogens is 2. The van der Waals surface area contributed by atoms with Crippen molar-refractivity contribution >= 4 is 34.1 Å². The molecule has 0 saturated heterocycles. The summed E-state index contributed by atoms with van der Waals surface area (Å²) in [4.78, 5) is 13.0. The first-order chi connectivity index (χ1) is 11.6. The number of amides is 1. The number of thioether (sulfide) groups is 1. The number of nitrogens with one attached hydrogen (secondary N) is 1. The zero-order chi connectivity index (χ0) is 17.0. The molecule has 1 aromatic carbocycles. The van der Waals surface area contributed by atoms with E-state index in [2.05, 4.69) is 41.5 Å².